The van der Waals surface area contributed by atoms with Crippen molar-refractivity contribution in [3.8, 4) is 0 Å². The molecule has 0 bridgehead atoms. The van der Waals surface area contributed by atoms with Gasteiger partial charge in [-0.1, -0.05) is 41.5 Å². The fraction of sp³-hybridized carbons (Fsp3) is 0.949. The van der Waals surface area contributed by atoms with E-state index in [1.807, 2.05) is 0 Å². The van der Waals surface area contributed by atoms with Crippen LogP contribution in [-0.2, 0) is 0 Å². The lowest BCUT2D eigenvalue weighted by molar-refractivity contribution is -0.181. The third kappa shape index (κ3) is 7.35. The van der Waals surface area contributed by atoms with Crippen LogP contribution >= 0.6 is 0 Å². The van der Waals surface area contributed by atoms with Gasteiger partial charge in [-0.05, 0) is 159 Å². The topological polar surface area (TPSA) is 123 Å². The molecule has 0 aromatic heterocycles. The zero-order valence-corrected chi connectivity index (χ0v) is 31.7. The molecule has 4 rings (SSSR count). The van der Waals surface area contributed by atoms with Gasteiger partial charge in [-0.15, -0.1) is 0 Å². The van der Waals surface area contributed by atoms with Crippen molar-refractivity contribution in [3.05, 3.63) is 0 Å². The zero-order valence-electron chi connectivity index (χ0n) is 31.7. The second kappa shape index (κ2) is 14.4. The maximum atomic E-state index is 11.7. The molecule has 0 aromatic rings. The van der Waals surface area contributed by atoms with Crippen LogP contribution in [0.1, 0.15) is 159 Å². The summed E-state index contributed by atoms with van der Waals surface area (Å²) in [6, 6.07) is 0.0490. The van der Waals surface area contributed by atoms with E-state index in [4.69, 9.17) is 0 Å². The Morgan fingerprint density at radius 3 is 1.19 bits per heavy atom. The molecule has 4 aliphatic rings. The summed E-state index contributed by atoms with van der Waals surface area (Å²) >= 11 is 0. The van der Waals surface area contributed by atoms with Crippen molar-refractivity contribution in [1.82, 2.24) is 21.3 Å². The highest BCUT2D eigenvalue weighted by Gasteiger charge is 2.65. The smallest absolute Gasteiger partial charge is 0.404 e. The van der Waals surface area contributed by atoms with Crippen LogP contribution in [0.15, 0.2) is 0 Å². The van der Waals surface area contributed by atoms with Crippen molar-refractivity contribution in [2.45, 2.75) is 193 Å². The Morgan fingerprint density at radius 1 is 0.617 bits per heavy atom. The summed E-state index contributed by atoms with van der Waals surface area (Å²) in [4.78, 5) is 23.5. The van der Waals surface area contributed by atoms with Crippen molar-refractivity contribution >= 4 is 12.2 Å². The molecule has 272 valence electrons. The SMILES string of the molecule is CCC1(C)CC(C(C2CCC(NC(=O)O)CC2)(C2CCC(NC(=O)O)CC2)C2CC(C)(CC)NC(C)(CC)C2C)C(C)C(C)(CC)N1. The maximum absolute atomic E-state index is 11.7. The Hall–Kier alpha value is -1.54. The predicted octanol–water partition coefficient (Wildman–Crippen LogP) is 8.79. The molecule has 8 unspecified atom stereocenters. The Bertz CT molecular complexity index is 1000. The van der Waals surface area contributed by atoms with E-state index in [1.165, 1.54) is 0 Å². The van der Waals surface area contributed by atoms with Gasteiger partial charge >= 0.3 is 12.2 Å². The fourth-order valence-corrected chi connectivity index (χ4v) is 12.1. The number of hydrogen-bond donors (Lipinski definition) is 6. The molecule has 6 N–H and O–H groups in total. The second-order valence-corrected chi connectivity index (χ2v) is 17.8. The van der Waals surface area contributed by atoms with E-state index >= 15 is 0 Å². The van der Waals surface area contributed by atoms with Gasteiger partial charge in [0.15, 0.2) is 0 Å². The van der Waals surface area contributed by atoms with Crippen molar-refractivity contribution in [1.29, 1.82) is 0 Å². The van der Waals surface area contributed by atoms with Gasteiger partial charge in [0.2, 0.25) is 0 Å². The molecular formula is C39H72N4O4. The summed E-state index contributed by atoms with van der Waals surface area (Å²) in [6.07, 6.45) is 12.7. The van der Waals surface area contributed by atoms with E-state index in [0.29, 0.717) is 35.5 Å². The molecule has 8 atom stereocenters. The van der Waals surface area contributed by atoms with Gasteiger partial charge < -0.3 is 31.5 Å². The number of hydrogen-bond acceptors (Lipinski definition) is 4. The van der Waals surface area contributed by atoms with E-state index in [0.717, 1.165) is 89.9 Å². The minimum absolute atomic E-state index is 0.0152. The van der Waals surface area contributed by atoms with Crippen LogP contribution in [0.5, 0.6) is 0 Å². The maximum Gasteiger partial charge on any atom is 0.404 e. The van der Waals surface area contributed by atoms with Gasteiger partial charge in [-0.2, -0.15) is 0 Å². The molecule has 2 aliphatic heterocycles. The first kappa shape index (κ1) is 38.3. The number of carboxylic acid groups (broad SMARTS) is 2. The Kier molecular flexibility index (Phi) is 11.7. The number of carbonyl (C=O) groups is 2. The highest BCUT2D eigenvalue weighted by molar-refractivity contribution is 5.65. The summed E-state index contributed by atoms with van der Waals surface area (Å²) in [6.45, 7) is 24.5. The normalized spacial score (nSPS) is 45.8. The molecule has 0 radical (unpaired) electrons. The summed E-state index contributed by atoms with van der Waals surface area (Å²) in [5.41, 5.74) is 0.166. The molecular weight excluding hydrogens is 588 g/mol. The molecule has 2 heterocycles. The van der Waals surface area contributed by atoms with Crippen LogP contribution in [0.4, 0.5) is 9.59 Å². The third-order valence-electron chi connectivity index (χ3n) is 15.6. The van der Waals surface area contributed by atoms with Gasteiger partial charge in [0.05, 0.1) is 0 Å². The van der Waals surface area contributed by atoms with Crippen LogP contribution in [-0.4, -0.2) is 56.6 Å². The van der Waals surface area contributed by atoms with Gasteiger partial charge in [-0.3, -0.25) is 0 Å². The van der Waals surface area contributed by atoms with Crippen molar-refractivity contribution < 1.29 is 19.8 Å². The number of piperidine rings is 2. The van der Waals surface area contributed by atoms with E-state index in [2.05, 4.69) is 90.5 Å². The quantitative estimate of drug-likeness (QED) is 0.139. The van der Waals surface area contributed by atoms with Crippen molar-refractivity contribution in [2.24, 2.45) is 40.9 Å². The molecule has 0 spiro atoms. The fourth-order valence-electron chi connectivity index (χ4n) is 12.1. The first-order chi connectivity index (χ1) is 21.9. The first-order valence-electron chi connectivity index (χ1n) is 19.5. The van der Waals surface area contributed by atoms with Crippen LogP contribution in [0, 0.1) is 40.9 Å². The Labute approximate surface area is 287 Å². The Morgan fingerprint density at radius 2 is 0.936 bits per heavy atom. The second-order valence-electron chi connectivity index (χ2n) is 17.8. The summed E-state index contributed by atoms with van der Waals surface area (Å²) in [7, 11) is 0. The van der Waals surface area contributed by atoms with Gasteiger partial charge in [0.25, 0.3) is 0 Å². The van der Waals surface area contributed by atoms with Crippen LogP contribution in [0.25, 0.3) is 0 Å². The molecule has 2 aliphatic carbocycles. The van der Waals surface area contributed by atoms with Crippen molar-refractivity contribution in [3.63, 3.8) is 0 Å². The molecule has 47 heavy (non-hydrogen) atoms. The van der Waals surface area contributed by atoms with Gasteiger partial charge in [-0.25, -0.2) is 9.59 Å². The predicted molar refractivity (Wildman–Crippen MR) is 192 cm³/mol. The highest BCUT2D eigenvalue weighted by Crippen LogP contribution is 2.67. The first-order valence-corrected chi connectivity index (χ1v) is 19.5. The molecule has 2 saturated carbocycles. The monoisotopic (exact) mass is 661 g/mol. The molecule has 8 heteroatoms. The van der Waals surface area contributed by atoms with Crippen LogP contribution < -0.4 is 21.3 Å². The highest BCUT2D eigenvalue weighted by atomic mass is 16.4. The lowest BCUT2D eigenvalue weighted by atomic mass is 9.39. The Balaban J connectivity index is 1.97. The minimum atomic E-state index is -0.905. The lowest BCUT2D eigenvalue weighted by Crippen LogP contribution is -2.72. The molecule has 8 nitrogen and oxygen atoms in total. The molecule has 2 amide bonds. The number of nitrogens with one attached hydrogen (secondary N) is 4. The molecule has 4 fully saturated rings. The number of rotatable bonds is 10. The largest absolute Gasteiger partial charge is 0.465 e. The van der Waals surface area contributed by atoms with E-state index in [9.17, 15) is 19.8 Å². The van der Waals surface area contributed by atoms with Crippen molar-refractivity contribution in [2.75, 3.05) is 0 Å². The van der Waals surface area contributed by atoms with Gasteiger partial charge in [0.1, 0.15) is 0 Å². The summed E-state index contributed by atoms with van der Waals surface area (Å²) < 4.78 is 0. The minimum Gasteiger partial charge on any atom is -0.465 e. The van der Waals surface area contributed by atoms with E-state index in [1.54, 1.807) is 0 Å². The third-order valence-corrected chi connectivity index (χ3v) is 15.6. The van der Waals surface area contributed by atoms with Gasteiger partial charge in [0, 0.05) is 34.2 Å². The van der Waals surface area contributed by atoms with E-state index in [-0.39, 0.29) is 39.7 Å². The average Bonchev–Trinajstić information content (AvgIpc) is 3.03. The van der Waals surface area contributed by atoms with Crippen LogP contribution in [0.3, 0.4) is 0 Å². The average molecular weight is 661 g/mol. The zero-order chi connectivity index (χ0) is 35.0. The van der Waals surface area contributed by atoms with Crippen LogP contribution in [0.2, 0.25) is 0 Å². The molecule has 2 saturated heterocycles. The summed E-state index contributed by atoms with van der Waals surface area (Å²) in [5, 5.41) is 33.4. The summed E-state index contributed by atoms with van der Waals surface area (Å²) in [5.74, 6) is 2.97. The number of amides is 2. The lowest BCUT2D eigenvalue weighted by Gasteiger charge is -2.69. The van der Waals surface area contributed by atoms with E-state index < -0.39 is 12.2 Å². The standard InChI is InChI=1S/C39H72N4O4/c1-11-35(7)23-31(25(5)37(9,13-3)42-35)39(27-15-19-29(20-16-27)40-33(44)45,28-17-21-30(22-18-28)41-34(46)47)32-24-36(8,12-2)43-38(10,14-4)26(32)6/h25-32,40-43H,11-24H2,1-10H3,(H,44,45)(H,46,47). The molecule has 0 aromatic carbocycles.